The Morgan fingerprint density at radius 1 is 1.53 bits per heavy atom. The number of nitrogens with one attached hydrogen (secondary N) is 1. The van der Waals surface area contributed by atoms with Gasteiger partial charge in [0, 0.05) is 12.4 Å². The lowest BCUT2D eigenvalue weighted by Gasteiger charge is -2.25. The van der Waals surface area contributed by atoms with Crippen LogP contribution < -0.4 is 5.32 Å². The number of pyridine rings is 1. The van der Waals surface area contributed by atoms with E-state index in [4.69, 9.17) is 0 Å². The lowest BCUT2D eigenvalue weighted by molar-refractivity contribution is 0.344. The van der Waals surface area contributed by atoms with Crippen LogP contribution >= 0.6 is 0 Å². The van der Waals surface area contributed by atoms with Gasteiger partial charge in [-0.1, -0.05) is 0 Å². The molecule has 78 valence electrons. The quantitative estimate of drug-likeness (QED) is 0.796. The molecular formula is C12H15N3. The predicted octanol–water partition coefficient (Wildman–Crippen LogP) is 1.40. The summed E-state index contributed by atoms with van der Waals surface area (Å²) in [5.41, 5.74) is 3.55. The normalized spacial score (nSPS) is 16.9. The third-order valence-electron chi connectivity index (χ3n) is 3.03. The van der Waals surface area contributed by atoms with Crippen LogP contribution in [0.15, 0.2) is 24.5 Å². The van der Waals surface area contributed by atoms with Gasteiger partial charge in [-0.3, -0.25) is 0 Å². The second kappa shape index (κ2) is 3.35. The topological polar surface area (TPSA) is 29.3 Å². The summed E-state index contributed by atoms with van der Waals surface area (Å²) in [4.78, 5) is 4.63. The van der Waals surface area contributed by atoms with E-state index < -0.39 is 0 Å². The van der Waals surface area contributed by atoms with Crippen molar-refractivity contribution in [1.82, 2.24) is 14.7 Å². The van der Waals surface area contributed by atoms with E-state index in [-0.39, 0.29) is 0 Å². The summed E-state index contributed by atoms with van der Waals surface area (Å²) in [5.74, 6) is 0.788. The van der Waals surface area contributed by atoms with Gasteiger partial charge in [-0.25, -0.2) is 4.98 Å². The van der Waals surface area contributed by atoms with Crippen molar-refractivity contribution in [2.24, 2.45) is 5.92 Å². The lowest BCUT2D eigenvalue weighted by Crippen LogP contribution is -2.43. The molecule has 0 bridgehead atoms. The summed E-state index contributed by atoms with van der Waals surface area (Å²) in [6.45, 7) is 4.39. The van der Waals surface area contributed by atoms with E-state index in [1.54, 1.807) is 0 Å². The van der Waals surface area contributed by atoms with Crippen molar-refractivity contribution in [2.75, 3.05) is 13.1 Å². The zero-order chi connectivity index (χ0) is 10.3. The molecule has 15 heavy (non-hydrogen) atoms. The predicted molar refractivity (Wildman–Crippen MR) is 60.0 cm³/mol. The maximum atomic E-state index is 4.63. The van der Waals surface area contributed by atoms with Crippen LogP contribution in [0.5, 0.6) is 0 Å². The average Bonchev–Trinajstić information content (AvgIpc) is 2.53. The van der Waals surface area contributed by atoms with E-state index in [0.29, 0.717) is 0 Å². The summed E-state index contributed by atoms with van der Waals surface area (Å²) < 4.78 is 2.11. The van der Waals surface area contributed by atoms with Gasteiger partial charge in [0.25, 0.3) is 0 Å². The molecule has 0 radical (unpaired) electrons. The molecule has 3 heteroatoms. The van der Waals surface area contributed by atoms with Crippen molar-refractivity contribution in [3.05, 3.63) is 35.8 Å². The minimum absolute atomic E-state index is 0.788. The minimum atomic E-state index is 0.788. The zero-order valence-corrected chi connectivity index (χ0v) is 8.90. The third-order valence-corrected chi connectivity index (χ3v) is 3.03. The molecule has 0 spiro atoms. The lowest BCUT2D eigenvalue weighted by atomic mass is 9.98. The van der Waals surface area contributed by atoms with Crippen LogP contribution in [0.25, 0.3) is 5.65 Å². The van der Waals surface area contributed by atoms with Gasteiger partial charge in [0.05, 0.1) is 5.69 Å². The fraction of sp³-hybridized carbons (Fsp3) is 0.417. The second-order valence-electron chi connectivity index (χ2n) is 4.43. The monoisotopic (exact) mass is 201 g/mol. The van der Waals surface area contributed by atoms with Crippen LogP contribution in [0.3, 0.4) is 0 Å². The van der Waals surface area contributed by atoms with E-state index in [0.717, 1.165) is 31.1 Å². The van der Waals surface area contributed by atoms with Gasteiger partial charge in [-0.15, -0.1) is 0 Å². The molecule has 3 heterocycles. The molecule has 2 aromatic heterocycles. The van der Waals surface area contributed by atoms with Crippen molar-refractivity contribution >= 4 is 5.65 Å². The molecule has 3 nitrogen and oxygen atoms in total. The highest BCUT2D eigenvalue weighted by Gasteiger charge is 2.18. The third kappa shape index (κ3) is 1.63. The highest BCUT2D eigenvalue weighted by Crippen LogP contribution is 2.13. The van der Waals surface area contributed by atoms with Crippen LogP contribution in [-0.2, 0) is 6.42 Å². The van der Waals surface area contributed by atoms with Gasteiger partial charge < -0.3 is 9.72 Å². The largest absolute Gasteiger partial charge is 0.316 e. The summed E-state index contributed by atoms with van der Waals surface area (Å²) in [7, 11) is 0. The smallest absolute Gasteiger partial charge is 0.137 e. The highest BCUT2D eigenvalue weighted by molar-refractivity contribution is 5.42. The van der Waals surface area contributed by atoms with Crippen LogP contribution in [0.1, 0.15) is 11.3 Å². The van der Waals surface area contributed by atoms with E-state index in [1.165, 1.54) is 11.3 Å². The first-order valence-corrected chi connectivity index (χ1v) is 5.46. The Hall–Kier alpha value is -1.35. The molecule has 1 saturated heterocycles. The molecular weight excluding hydrogens is 186 g/mol. The van der Waals surface area contributed by atoms with Gasteiger partial charge in [0.1, 0.15) is 5.65 Å². The summed E-state index contributed by atoms with van der Waals surface area (Å²) in [6, 6.07) is 4.24. The van der Waals surface area contributed by atoms with E-state index in [1.807, 2.05) is 0 Å². The molecule has 1 aliphatic rings. The maximum Gasteiger partial charge on any atom is 0.137 e. The Kier molecular flexibility index (Phi) is 1.99. The van der Waals surface area contributed by atoms with E-state index in [9.17, 15) is 0 Å². The first kappa shape index (κ1) is 8.92. The molecule has 1 N–H and O–H groups in total. The SMILES string of the molecule is Cc1ccn2cc(CC3CNC3)nc2c1. The van der Waals surface area contributed by atoms with Crippen LogP contribution in [0.4, 0.5) is 0 Å². The average molecular weight is 201 g/mol. The summed E-state index contributed by atoms with van der Waals surface area (Å²) >= 11 is 0. The molecule has 1 fully saturated rings. The van der Waals surface area contributed by atoms with Crippen molar-refractivity contribution in [3.63, 3.8) is 0 Å². The fourth-order valence-electron chi connectivity index (χ4n) is 2.02. The molecule has 0 saturated carbocycles. The molecule has 2 aromatic rings. The zero-order valence-electron chi connectivity index (χ0n) is 8.90. The number of fused-ring (bicyclic) bond motifs is 1. The van der Waals surface area contributed by atoms with Crippen molar-refractivity contribution < 1.29 is 0 Å². The van der Waals surface area contributed by atoms with Crippen molar-refractivity contribution in [1.29, 1.82) is 0 Å². The number of nitrogens with zero attached hydrogens (tertiary/aromatic N) is 2. The van der Waals surface area contributed by atoms with Crippen LogP contribution in [-0.4, -0.2) is 22.5 Å². The van der Waals surface area contributed by atoms with Crippen molar-refractivity contribution in [3.8, 4) is 0 Å². The number of imidazole rings is 1. The van der Waals surface area contributed by atoms with Crippen LogP contribution in [0.2, 0.25) is 0 Å². The van der Waals surface area contributed by atoms with Gasteiger partial charge in [-0.2, -0.15) is 0 Å². The van der Waals surface area contributed by atoms with E-state index >= 15 is 0 Å². The molecule has 0 atom stereocenters. The van der Waals surface area contributed by atoms with Gasteiger partial charge in [0.2, 0.25) is 0 Å². The first-order chi connectivity index (χ1) is 7.31. The van der Waals surface area contributed by atoms with Gasteiger partial charge >= 0.3 is 0 Å². The Labute approximate surface area is 89.1 Å². The second-order valence-corrected chi connectivity index (χ2v) is 4.43. The molecule has 0 amide bonds. The Balaban J connectivity index is 1.91. The van der Waals surface area contributed by atoms with E-state index in [2.05, 4.69) is 46.2 Å². The number of rotatable bonds is 2. The molecule has 0 aliphatic carbocycles. The number of aromatic nitrogens is 2. The number of aryl methyl sites for hydroxylation is 1. The summed E-state index contributed by atoms with van der Waals surface area (Å²) in [6.07, 6.45) is 5.33. The first-order valence-electron chi connectivity index (χ1n) is 5.46. The minimum Gasteiger partial charge on any atom is -0.316 e. The number of hydrogen-bond donors (Lipinski definition) is 1. The Morgan fingerprint density at radius 3 is 3.13 bits per heavy atom. The number of hydrogen-bond acceptors (Lipinski definition) is 2. The molecule has 1 aliphatic heterocycles. The molecule has 0 aromatic carbocycles. The molecule has 3 rings (SSSR count). The van der Waals surface area contributed by atoms with Crippen molar-refractivity contribution in [2.45, 2.75) is 13.3 Å². The Morgan fingerprint density at radius 2 is 2.40 bits per heavy atom. The molecule has 0 unspecified atom stereocenters. The fourth-order valence-corrected chi connectivity index (χ4v) is 2.02. The maximum absolute atomic E-state index is 4.63. The highest BCUT2D eigenvalue weighted by atomic mass is 15.0. The van der Waals surface area contributed by atoms with Gasteiger partial charge in [0.15, 0.2) is 0 Å². The van der Waals surface area contributed by atoms with Crippen LogP contribution in [0, 0.1) is 12.8 Å². The van der Waals surface area contributed by atoms with Gasteiger partial charge in [-0.05, 0) is 50.0 Å². The summed E-state index contributed by atoms with van der Waals surface area (Å²) in [5, 5.41) is 3.29. The standard InChI is InChI=1S/C12H15N3/c1-9-2-3-15-8-11(14-12(15)4-9)5-10-6-13-7-10/h2-4,8,10,13H,5-7H2,1H3. The Bertz CT molecular complexity index is 483.